The first-order valence-electron chi connectivity index (χ1n) is 6.45. The Balaban J connectivity index is 1.68. The molecule has 0 aromatic heterocycles. The van der Waals surface area contributed by atoms with Crippen LogP contribution in [0.15, 0.2) is 0 Å². The summed E-state index contributed by atoms with van der Waals surface area (Å²) in [6, 6.07) is 0. The summed E-state index contributed by atoms with van der Waals surface area (Å²) >= 11 is 0. The molecule has 0 aromatic carbocycles. The summed E-state index contributed by atoms with van der Waals surface area (Å²) in [5.74, 6) is 0. The minimum Gasteiger partial charge on any atom is -0.373 e. The maximum absolute atomic E-state index is 5.72. The molecule has 0 atom stereocenters. The summed E-state index contributed by atoms with van der Waals surface area (Å²) in [7, 11) is 0. The van der Waals surface area contributed by atoms with E-state index >= 15 is 0 Å². The SMILES string of the molecule is CC1(C)CN(CCN2CCNCC2)CCO1. The molecule has 0 aromatic rings. The highest BCUT2D eigenvalue weighted by molar-refractivity contribution is 4.80. The fraction of sp³-hybridized carbons (Fsp3) is 1.00. The van der Waals surface area contributed by atoms with Crippen LogP contribution in [0, 0.1) is 0 Å². The minimum atomic E-state index is 0.0434. The maximum Gasteiger partial charge on any atom is 0.0753 e. The molecule has 1 N–H and O–H groups in total. The van der Waals surface area contributed by atoms with E-state index in [4.69, 9.17) is 4.74 Å². The molecule has 94 valence electrons. The molecule has 0 spiro atoms. The van der Waals surface area contributed by atoms with Gasteiger partial charge in [0.2, 0.25) is 0 Å². The molecule has 0 unspecified atom stereocenters. The van der Waals surface area contributed by atoms with Crippen molar-refractivity contribution in [3.63, 3.8) is 0 Å². The molecule has 2 fully saturated rings. The number of morpholine rings is 1. The van der Waals surface area contributed by atoms with Crippen molar-refractivity contribution >= 4 is 0 Å². The Bertz CT molecular complexity index is 214. The average Bonchev–Trinajstić information content (AvgIpc) is 2.27. The second-order valence-electron chi connectivity index (χ2n) is 5.48. The van der Waals surface area contributed by atoms with Crippen molar-refractivity contribution in [1.82, 2.24) is 15.1 Å². The van der Waals surface area contributed by atoms with Gasteiger partial charge in [-0.05, 0) is 13.8 Å². The number of rotatable bonds is 3. The largest absolute Gasteiger partial charge is 0.373 e. The van der Waals surface area contributed by atoms with E-state index in [1.807, 2.05) is 0 Å². The highest BCUT2D eigenvalue weighted by Crippen LogP contribution is 2.15. The molecule has 2 saturated heterocycles. The molecule has 2 aliphatic heterocycles. The van der Waals surface area contributed by atoms with Gasteiger partial charge in [-0.15, -0.1) is 0 Å². The molecule has 0 bridgehead atoms. The summed E-state index contributed by atoms with van der Waals surface area (Å²) in [6.07, 6.45) is 0. The monoisotopic (exact) mass is 227 g/mol. The van der Waals surface area contributed by atoms with Gasteiger partial charge in [0.15, 0.2) is 0 Å². The van der Waals surface area contributed by atoms with E-state index in [9.17, 15) is 0 Å². The van der Waals surface area contributed by atoms with E-state index in [2.05, 4.69) is 29.0 Å². The minimum absolute atomic E-state index is 0.0434. The van der Waals surface area contributed by atoms with Gasteiger partial charge in [0.25, 0.3) is 0 Å². The van der Waals surface area contributed by atoms with Crippen molar-refractivity contribution in [3.8, 4) is 0 Å². The summed E-state index contributed by atoms with van der Waals surface area (Å²) in [5.41, 5.74) is 0.0434. The van der Waals surface area contributed by atoms with E-state index in [-0.39, 0.29) is 5.60 Å². The molecule has 0 radical (unpaired) electrons. The Morgan fingerprint density at radius 1 is 1.06 bits per heavy atom. The highest BCUT2D eigenvalue weighted by Gasteiger charge is 2.27. The molecule has 2 rings (SSSR count). The van der Waals surface area contributed by atoms with Gasteiger partial charge in [-0.2, -0.15) is 0 Å². The first-order valence-corrected chi connectivity index (χ1v) is 6.45. The first kappa shape index (κ1) is 12.3. The lowest BCUT2D eigenvalue weighted by atomic mass is 10.1. The Kier molecular flexibility index (Phi) is 4.19. The lowest BCUT2D eigenvalue weighted by molar-refractivity contribution is -0.0871. The topological polar surface area (TPSA) is 27.7 Å². The van der Waals surface area contributed by atoms with E-state index < -0.39 is 0 Å². The van der Waals surface area contributed by atoms with Crippen molar-refractivity contribution in [2.45, 2.75) is 19.4 Å². The van der Waals surface area contributed by atoms with Gasteiger partial charge >= 0.3 is 0 Å². The molecule has 0 amide bonds. The lowest BCUT2D eigenvalue weighted by Gasteiger charge is -2.39. The number of piperazine rings is 1. The zero-order chi connectivity index (χ0) is 11.4. The summed E-state index contributed by atoms with van der Waals surface area (Å²) in [4.78, 5) is 5.09. The zero-order valence-corrected chi connectivity index (χ0v) is 10.7. The fourth-order valence-electron chi connectivity index (χ4n) is 2.52. The van der Waals surface area contributed by atoms with Crippen LogP contribution in [0.1, 0.15) is 13.8 Å². The third-order valence-electron chi connectivity index (χ3n) is 3.45. The van der Waals surface area contributed by atoms with E-state index in [0.717, 1.165) is 32.8 Å². The first-order chi connectivity index (χ1) is 7.66. The second kappa shape index (κ2) is 5.45. The Labute approximate surface area is 98.9 Å². The van der Waals surface area contributed by atoms with Gasteiger partial charge in [0.1, 0.15) is 0 Å². The summed E-state index contributed by atoms with van der Waals surface area (Å²) in [6.45, 7) is 14.5. The second-order valence-corrected chi connectivity index (χ2v) is 5.48. The van der Waals surface area contributed by atoms with Crippen molar-refractivity contribution in [1.29, 1.82) is 0 Å². The Hall–Kier alpha value is -0.160. The molecule has 4 nitrogen and oxygen atoms in total. The molecular formula is C12H25N3O. The number of ether oxygens (including phenoxy) is 1. The third-order valence-corrected chi connectivity index (χ3v) is 3.45. The number of hydrogen-bond donors (Lipinski definition) is 1. The van der Waals surface area contributed by atoms with Crippen LogP contribution in [-0.4, -0.2) is 74.4 Å². The molecular weight excluding hydrogens is 202 g/mol. The van der Waals surface area contributed by atoms with Crippen LogP contribution >= 0.6 is 0 Å². The van der Waals surface area contributed by atoms with Gasteiger partial charge in [-0.25, -0.2) is 0 Å². The molecule has 0 saturated carbocycles. The van der Waals surface area contributed by atoms with Gasteiger partial charge in [-0.1, -0.05) is 0 Å². The zero-order valence-electron chi connectivity index (χ0n) is 10.7. The van der Waals surface area contributed by atoms with Gasteiger partial charge in [-0.3, -0.25) is 9.80 Å². The summed E-state index contributed by atoms with van der Waals surface area (Å²) < 4.78 is 5.72. The van der Waals surface area contributed by atoms with Crippen LogP contribution in [0.5, 0.6) is 0 Å². The van der Waals surface area contributed by atoms with Crippen molar-refractivity contribution in [3.05, 3.63) is 0 Å². The van der Waals surface area contributed by atoms with Crippen LogP contribution in [0.4, 0.5) is 0 Å². The fourth-order valence-corrected chi connectivity index (χ4v) is 2.52. The number of hydrogen-bond acceptors (Lipinski definition) is 4. The van der Waals surface area contributed by atoms with Gasteiger partial charge in [0.05, 0.1) is 12.2 Å². The number of nitrogens with zero attached hydrogens (tertiary/aromatic N) is 2. The predicted octanol–water partition coefficient (Wildman–Crippen LogP) is 0.00240. The van der Waals surface area contributed by atoms with Crippen molar-refractivity contribution in [2.75, 3.05) is 59.0 Å². The van der Waals surface area contributed by atoms with Crippen LogP contribution in [0.3, 0.4) is 0 Å². The highest BCUT2D eigenvalue weighted by atomic mass is 16.5. The van der Waals surface area contributed by atoms with E-state index in [1.165, 1.54) is 26.2 Å². The Morgan fingerprint density at radius 2 is 1.75 bits per heavy atom. The van der Waals surface area contributed by atoms with Crippen molar-refractivity contribution in [2.24, 2.45) is 0 Å². The molecule has 2 aliphatic rings. The van der Waals surface area contributed by atoms with Crippen LogP contribution < -0.4 is 5.32 Å². The quantitative estimate of drug-likeness (QED) is 0.735. The lowest BCUT2D eigenvalue weighted by Crippen LogP contribution is -2.51. The molecule has 0 aliphatic carbocycles. The molecule has 4 heteroatoms. The standard InChI is InChI=1S/C12H25N3O/c1-12(2)11-15(9-10-16-12)8-7-14-5-3-13-4-6-14/h13H,3-11H2,1-2H3. The van der Waals surface area contributed by atoms with Crippen molar-refractivity contribution < 1.29 is 4.74 Å². The van der Waals surface area contributed by atoms with Gasteiger partial charge in [0, 0.05) is 52.4 Å². The Morgan fingerprint density at radius 3 is 2.44 bits per heavy atom. The maximum atomic E-state index is 5.72. The predicted molar refractivity (Wildman–Crippen MR) is 65.8 cm³/mol. The molecule has 2 heterocycles. The average molecular weight is 227 g/mol. The van der Waals surface area contributed by atoms with Crippen LogP contribution in [0.2, 0.25) is 0 Å². The number of nitrogens with one attached hydrogen (secondary N) is 1. The smallest absolute Gasteiger partial charge is 0.0753 e. The third kappa shape index (κ3) is 3.70. The van der Waals surface area contributed by atoms with E-state index in [0.29, 0.717) is 0 Å². The van der Waals surface area contributed by atoms with Gasteiger partial charge < -0.3 is 10.1 Å². The van der Waals surface area contributed by atoms with Crippen LogP contribution in [0.25, 0.3) is 0 Å². The summed E-state index contributed by atoms with van der Waals surface area (Å²) in [5, 5.41) is 3.39. The van der Waals surface area contributed by atoms with E-state index in [1.54, 1.807) is 0 Å². The van der Waals surface area contributed by atoms with Crippen LogP contribution in [-0.2, 0) is 4.74 Å². The molecule has 16 heavy (non-hydrogen) atoms. The normalized spacial score (nSPS) is 28.1.